The van der Waals surface area contributed by atoms with Crippen molar-refractivity contribution in [2.45, 2.75) is 13.3 Å². The summed E-state index contributed by atoms with van der Waals surface area (Å²) in [5.41, 5.74) is 4.19. The second kappa shape index (κ2) is 13.0. The van der Waals surface area contributed by atoms with Gasteiger partial charge in [-0.15, -0.1) is 0 Å². The number of halogens is 1. The summed E-state index contributed by atoms with van der Waals surface area (Å²) in [6, 6.07) is 22.6. The average molecular weight is 654 g/mol. The van der Waals surface area contributed by atoms with Gasteiger partial charge in [0.1, 0.15) is 23.1 Å². The van der Waals surface area contributed by atoms with Crippen LogP contribution in [0, 0.1) is 11.3 Å². The lowest BCUT2D eigenvalue weighted by Gasteiger charge is -2.27. The van der Waals surface area contributed by atoms with Gasteiger partial charge in [0, 0.05) is 29.4 Å². The molecule has 0 saturated heterocycles. The Bertz CT molecular complexity index is 1850. The van der Waals surface area contributed by atoms with Crippen LogP contribution in [0.3, 0.4) is 0 Å². The molecule has 0 spiro atoms. The van der Waals surface area contributed by atoms with Crippen molar-refractivity contribution in [2.75, 3.05) is 27.9 Å². The standard InChI is InChI=1S/C34H29BrN4O5/c1-21-26(33(40)38(34(41)27(21)19-36)15-14-22-10-12-30(43-3)31(16-22)44-4)17-24-20-39(25-8-6-5-7-9-25)37-32(24)23-11-13-29(42-2)28(35)18-23/h5-13,16-18,20H,14-15H2,1-4H3/b26-17+. The van der Waals surface area contributed by atoms with Crippen LogP contribution in [0.4, 0.5) is 0 Å². The highest BCUT2D eigenvalue weighted by Gasteiger charge is 2.35. The third-order valence-electron chi connectivity index (χ3n) is 7.39. The lowest BCUT2D eigenvalue weighted by Crippen LogP contribution is -2.43. The molecule has 0 radical (unpaired) electrons. The van der Waals surface area contributed by atoms with Crippen LogP contribution in [0.15, 0.2) is 94.1 Å². The van der Waals surface area contributed by atoms with Gasteiger partial charge < -0.3 is 14.2 Å². The van der Waals surface area contributed by atoms with Gasteiger partial charge in [-0.25, -0.2) is 4.68 Å². The topological polar surface area (TPSA) is 107 Å². The van der Waals surface area contributed by atoms with E-state index in [1.165, 1.54) is 0 Å². The van der Waals surface area contributed by atoms with Gasteiger partial charge in [-0.3, -0.25) is 14.5 Å². The molecule has 5 rings (SSSR count). The number of rotatable bonds is 9. The van der Waals surface area contributed by atoms with Crippen LogP contribution in [-0.4, -0.2) is 54.4 Å². The fourth-order valence-corrected chi connectivity index (χ4v) is 5.55. The molecule has 1 aromatic heterocycles. The van der Waals surface area contributed by atoms with Crippen molar-refractivity contribution in [3.05, 3.63) is 105 Å². The molecule has 0 saturated carbocycles. The molecule has 0 unspecified atom stereocenters. The molecular formula is C34H29BrN4O5. The van der Waals surface area contributed by atoms with Gasteiger partial charge in [-0.2, -0.15) is 10.4 Å². The minimum absolute atomic E-state index is 0.0739. The van der Waals surface area contributed by atoms with Crippen LogP contribution in [0.2, 0.25) is 0 Å². The maximum Gasteiger partial charge on any atom is 0.271 e. The van der Waals surface area contributed by atoms with Crippen LogP contribution in [-0.2, 0) is 16.0 Å². The number of hydrogen-bond acceptors (Lipinski definition) is 7. The van der Waals surface area contributed by atoms with Crippen LogP contribution in [0.5, 0.6) is 17.2 Å². The molecule has 0 aliphatic carbocycles. The lowest BCUT2D eigenvalue weighted by atomic mass is 9.93. The minimum atomic E-state index is -0.619. The van der Waals surface area contributed by atoms with E-state index in [1.807, 2.05) is 66.9 Å². The Balaban J connectivity index is 1.57. The van der Waals surface area contributed by atoms with Crippen LogP contribution in [0.1, 0.15) is 18.1 Å². The van der Waals surface area contributed by atoms with E-state index >= 15 is 0 Å². The molecule has 4 aromatic rings. The summed E-state index contributed by atoms with van der Waals surface area (Å²) in [4.78, 5) is 28.4. The fraction of sp³-hybridized carbons (Fsp3) is 0.176. The molecule has 222 valence electrons. The summed E-state index contributed by atoms with van der Waals surface area (Å²) in [5.74, 6) is 0.684. The lowest BCUT2D eigenvalue weighted by molar-refractivity contribution is -0.140. The van der Waals surface area contributed by atoms with Gasteiger partial charge in [-0.05, 0) is 89.0 Å². The number of methoxy groups -OCH3 is 3. The summed E-state index contributed by atoms with van der Waals surface area (Å²) in [5, 5.41) is 14.8. The zero-order valence-electron chi connectivity index (χ0n) is 24.6. The molecule has 1 aliphatic heterocycles. The van der Waals surface area contributed by atoms with Gasteiger partial charge in [-0.1, -0.05) is 24.3 Å². The number of imide groups is 1. The van der Waals surface area contributed by atoms with Crippen LogP contribution < -0.4 is 14.2 Å². The first-order chi connectivity index (χ1) is 21.3. The first kappa shape index (κ1) is 30.3. The van der Waals surface area contributed by atoms with Crippen molar-refractivity contribution < 1.29 is 23.8 Å². The minimum Gasteiger partial charge on any atom is -0.496 e. The molecule has 10 heteroatoms. The second-order valence-corrected chi connectivity index (χ2v) is 10.8. The Morgan fingerprint density at radius 2 is 1.61 bits per heavy atom. The number of ether oxygens (including phenoxy) is 3. The van der Waals surface area contributed by atoms with Crippen molar-refractivity contribution >= 4 is 33.8 Å². The maximum atomic E-state index is 13.9. The number of aromatic nitrogens is 2. The predicted octanol–water partition coefficient (Wildman–Crippen LogP) is 6.16. The van der Waals surface area contributed by atoms with Gasteiger partial charge >= 0.3 is 0 Å². The van der Waals surface area contributed by atoms with E-state index in [-0.39, 0.29) is 17.7 Å². The summed E-state index contributed by atoms with van der Waals surface area (Å²) in [6.45, 7) is 1.70. The number of benzene rings is 3. The number of nitriles is 1. The zero-order chi connectivity index (χ0) is 31.4. The highest BCUT2D eigenvalue weighted by molar-refractivity contribution is 9.10. The van der Waals surface area contributed by atoms with E-state index in [2.05, 4.69) is 15.9 Å². The fourth-order valence-electron chi connectivity index (χ4n) is 5.01. The van der Waals surface area contributed by atoms with E-state index in [0.717, 1.165) is 26.2 Å². The van der Waals surface area contributed by atoms with Crippen molar-refractivity contribution in [2.24, 2.45) is 0 Å². The number of hydrogen-bond donors (Lipinski definition) is 0. The maximum absolute atomic E-state index is 13.9. The Hall–Kier alpha value is -5.14. The first-order valence-electron chi connectivity index (χ1n) is 13.7. The molecule has 2 amide bonds. The molecule has 2 heterocycles. The molecule has 9 nitrogen and oxygen atoms in total. The highest BCUT2D eigenvalue weighted by Crippen LogP contribution is 2.35. The number of carbonyl (C=O) groups is 2. The SMILES string of the molecule is COc1ccc(-c2nn(-c3ccccc3)cc2/C=C2/C(=O)N(CCc3ccc(OC)c(OC)c3)C(=O)C(C#N)=C2C)cc1Br. The number of carbonyl (C=O) groups excluding carboxylic acids is 2. The largest absolute Gasteiger partial charge is 0.496 e. The van der Waals surface area contributed by atoms with Crippen molar-refractivity contribution in [1.82, 2.24) is 14.7 Å². The molecule has 0 atom stereocenters. The Kier molecular flexibility index (Phi) is 8.97. The zero-order valence-corrected chi connectivity index (χ0v) is 26.2. The third kappa shape index (κ3) is 5.87. The van der Waals surface area contributed by atoms with Crippen LogP contribution in [0.25, 0.3) is 23.0 Å². The third-order valence-corrected chi connectivity index (χ3v) is 8.01. The normalized spacial score (nSPS) is 14.2. The highest BCUT2D eigenvalue weighted by atomic mass is 79.9. The molecule has 0 bridgehead atoms. The number of para-hydroxylation sites is 1. The molecule has 3 aromatic carbocycles. The van der Waals surface area contributed by atoms with E-state index in [4.69, 9.17) is 19.3 Å². The van der Waals surface area contributed by atoms with Gasteiger partial charge in [0.2, 0.25) is 0 Å². The Morgan fingerprint density at radius 1 is 0.909 bits per heavy atom. The quantitative estimate of drug-likeness (QED) is 0.157. The Labute approximate surface area is 263 Å². The molecular weight excluding hydrogens is 624 g/mol. The van der Waals surface area contributed by atoms with Crippen molar-refractivity contribution in [3.8, 4) is 40.3 Å². The molecule has 1 aliphatic rings. The summed E-state index contributed by atoms with van der Waals surface area (Å²) < 4.78 is 18.6. The predicted molar refractivity (Wildman–Crippen MR) is 170 cm³/mol. The number of amides is 2. The molecule has 0 fully saturated rings. The van der Waals surface area contributed by atoms with Gasteiger partial charge in [0.05, 0.1) is 31.5 Å². The summed E-state index contributed by atoms with van der Waals surface area (Å²) >= 11 is 3.55. The summed E-state index contributed by atoms with van der Waals surface area (Å²) in [6.07, 6.45) is 3.89. The van der Waals surface area contributed by atoms with E-state index in [1.54, 1.807) is 51.1 Å². The molecule has 44 heavy (non-hydrogen) atoms. The summed E-state index contributed by atoms with van der Waals surface area (Å²) in [7, 11) is 4.69. The van der Waals surface area contributed by atoms with Crippen molar-refractivity contribution in [1.29, 1.82) is 5.26 Å². The van der Waals surface area contributed by atoms with E-state index < -0.39 is 11.8 Å². The monoisotopic (exact) mass is 652 g/mol. The van der Waals surface area contributed by atoms with E-state index in [9.17, 15) is 14.9 Å². The average Bonchev–Trinajstić information content (AvgIpc) is 3.47. The first-order valence-corrected chi connectivity index (χ1v) is 14.5. The number of nitrogens with zero attached hydrogens (tertiary/aromatic N) is 4. The van der Waals surface area contributed by atoms with Gasteiger partial charge in [0.25, 0.3) is 11.8 Å². The van der Waals surface area contributed by atoms with Crippen molar-refractivity contribution in [3.63, 3.8) is 0 Å². The van der Waals surface area contributed by atoms with Gasteiger partial charge in [0.15, 0.2) is 11.5 Å². The Morgan fingerprint density at radius 3 is 2.27 bits per heavy atom. The second-order valence-electron chi connectivity index (χ2n) is 9.93. The smallest absolute Gasteiger partial charge is 0.271 e. The van der Waals surface area contributed by atoms with E-state index in [0.29, 0.717) is 40.5 Å². The molecule has 0 N–H and O–H groups in total. The van der Waals surface area contributed by atoms with Crippen LogP contribution >= 0.6 is 15.9 Å².